The molecule has 6 atom stereocenters. The topological polar surface area (TPSA) is 47.9 Å². The summed E-state index contributed by atoms with van der Waals surface area (Å²) < 4.78 is 15.1. The van der Waals surface area contributed by atoms with Gasteiger partial charge in [-0.1, -0.05) is 0 Å². The van der Waals surface area contributed by atoms with Crippen molar-refractivity contribution < 1.29 is 18.2 Å². The first-order chi connectivity index (χ1) is 7.75. The summed E-state index contributed by atoms with van der Waals surface area (Å²) in [6, 6.07) is 0. The van der Waals surface area contributed by atoms with Crippen molar-refractivity contribution in [3.63, 3.8) is 0 Å². The van der Waals surface area contributed by atoms with Gasteiger partial charge in [-0.2, -0.15) is 0 Å². The molecule has 0 aliphatic carbocycles. The minimum atomic E-state index is -1.18. The third-order valence-corrected chi connectivity index (χ3v) is 6.05. The van der Waals surface area contributed by atoms with E-state index in [4.69, 9.17) is 24.7 Å². The van der Waals surface area contributed by atoms with Crippen LogP contribution in [0.15, 0.2) is 0 Å². The van der Waals surface area contributed by atoms with E-state index in [1.165, 1.54) is 0 Å². The summed E-state index contributed by atoms with van der Waals surface area (Å²) in [4.78, 5) is 0. The Morgan fingerprint density at radius 1 is 1.47 bits per heavy atom. The van der Waals surface area contributed by atoms with E-state index in [-0.39, 0.29) is 6.61 Å². The van der Waals surface area contributed by atoms with Crippen LogP contribution in [0.4, 0.5) is 0 Å². The standard InChI is InChI=1S/C5H8BrClI2O4P2S2/c6-5(7)3(13-17(9)15)2(12-4(5)10)1-11-16(8)14/h2-4,10,16-17H,1H2/t2-,3-,4?,5+/m1/s1. The first kappa shape index (κ1) is 18.7. The van der Waals surface area contributed by atoms with E-state index in [1.807, 2.05) is 21.2 Å². The predicted octanol–water partition coefficient (Wildman–Crippen LogP) is 4.62. The SMILES string of the molecule is OC1O[C@H](CO[SH](#P)I)[C@@H](O[SH](#P)I)[C@@]1(Cl)Br. The van der Waals surface area contributed by atoms with Crippen LogP contribution >= 0.6 is 100 Å². The number of rotatable bonds is 3. The van der Waals surface area contributed by atoms with Gasteiger partial charge in [0.05, 0.1) is 0 Å². The van der Waals surface area contributed by atoms with Gasteiger partial charge in [0.15, 0.2) is 0 Å². The Morgan fingerprint density at radius 2 is 2.06 bits per heavy atom. The maximum atomic E-state index is 9.70. The van der Waals surface area contributed by atoms with Gasteiger partial charge in [0.2, 0.25) is 0 Å². The second-order valence-electron chi connectivity index (χ2n) is 2.98. The molecule has 0 saturated carbocycles. The van der Waals surface area contributed by atoms with Crippen molar-refractivity contribution in [1.29, 1.82) is 0 Å². The zero-order chi connectivity index (χ0) is 13.2. The number of aliphatic hydroxyl groups excluding tert-OH is 1. The first-order valence-corrected chi connectivity index (χ1v) is 15.6. The molecular weight excluding hydrogens is 619 g/mol. The van der Waals surface area contributed by atoms with Crippen LogP contribution < -0.4 is 0 Å². The molecule has 17 heavy (non-hydrogen) atoms. The molecular formula is C5H8BrClI2O4P2S2. The molecule has 1 saturated heterocycles. The number of thiol groups is 2. The monoisotopic (exact) mass is 626 g/mol. The Hall–Kier alpha value is 3.63. The van der Waals surface area contributed by atoms with Crippen LogP contribution in [0.1, 0.15) is 0 Å². The molecule has 0 radical (unpaired) electrons. The Kier molecular flexibility index (Phi) is 9.13. The van der Waals surface area contributed by atoms with Crippen LogP contribution in [0, 0.1) is 0 Å². The molecule has 1 fully saturated rings. The molecule has 0 aromatic carbocycles. The molecule has 1 aliphatic rings. The van der Waals surface area contributed by atoms with Crippen molar-refractivity contribution in [3.8, 4) is 0 Å². The average molecular weight is 627 g/mol. The van der Waals surface area contributed by atoms with Crippen molar-refractivity contribution in [3.05, 3.63) is 0 Å². The number of hydrogen-bond acceptors (Lipinski definition) is 4. The summed E-state index contributed by atoms with van der Waals surface area (Å²) in [6.45, 7) is 0.257. The minimum absolute atomic E-state index is 0.257. The third kappa shape index (κ3) is 5.73. The Balaban J connectivity index is 2.76. The summed E-state index contributed by atoms with van der Waals surface area (Å²) in [6.07, 6.45) is -2.16. The molecule has 1 heterocycles. The summed E-state index contributed by atoms with van der Waals surface area (Å²) in [5, 5.41) is 9.70. The van der Waals surface area contributed by atoms with E-state index in [0.29, 0.717) is 0 Å². The van der Waals surface area contributed by atoms with Gasteiger partial charge in [0, 0.05) is 0 Å². The van der Waals surface area contributed by atoms with Crippen molar-refractivity contribution in [2.45, 2.75) is 22.3 Å². The van der Waals surface area contributed by atoms with Gasteiger partial charge in [-0.05, 0) is 0 Å². The van der Waals surface area contributed by atoms with E-state index in [0.717, 1.165) is 0 Å². The molecule has 12 heteroatoms. The fourth-order valence-electron chi connectivity index (χ4n) is 1.21. The van der Waals surface area contributed by atoms with Crippen molar-refractivity contribution in [2.24, 2.45) is 0 Å². The molecule has 0 bridgehead atoms. The second-order valence-corrected chi connectivity index (χ2v) is 18.8. The molecule has 0 amide bonds. The normalized spacial score (nSPS) is 41.2. The summed E-state index contributed by atoms with van der Waals surface area (Å²) in [5.41, 5.74) is 0. The maximum absolute atomic E-state index is 9.70. The van der Waals surface area contributed by atoms with Crippen LogP contribution in [-0.2, 0) is 13.1 Å². The van der Waals surface area contributed by atoms with Crippen LogP contribution in [0.5, 0.6) is 0 Å². The average Bonchev–Trinajstić information content (AvgIpc) is 2.38. The van der Waals surface area contributed by atoms with Crippen molar-refractivity contribution in [2.75, 3.05) is 6.61 Å². The zero-order valence-electron chi connectivity index (χ0n) is 7.91. The van der Waals surface area contributed by atoms with E-state index >= 15 is 0 Å². The molecule has 3 unspecified atom stereocenters. The second kappa shape index (κ2) is 8.31. The van der Waals surface area contributed by atoms with Crippen LogP contribution in [0.2, 0.25) is 0 Å². The molecule has 0 aromatic heterocycles. The summed E-state index contributed by atoms with van der Waals surface area (Å²) >= 11 is 13.5. The number of hydrogen-bond donors (Lipinski definition) is 3. The van der Waals surface area contributed by atoms with E-state index in [9.17, 15) is 5.11 Å². The number of alkyl halides is 2. The molecule has 102 valence electrons. The quantitative estimate of drug-likeness (QED) is 0.185. The van der Waals surface area contributed by atoms with Gasteiger partial charge in [0.25, 0.3) is 0 Å². The predicted molar refractivity (Wildman–Crippen MR) is 99.1 cm³/mol. The zero-order valence-corrected chi connectivity index (χ0v) is 18.1. The summed E-state index contributed by atoms with van der Waals surface area (Å²) in [7, 11) is 6.56. The van der Waals surface area contributed by atoms with Crippen LogP contribution in [0.25, 0.3) is 0 Å². The fourth-order valence-corrected chi connectivity index (χ4v) is 4.63. The van der Waals surface area contributed by atoms with Gasteiger partial charge in [-0.25, -0.2) is 0 Å². The molecule has 4 nitrogen and oxygen atoms in total. The van der Waals surface area contributed by atoms with Crippen molar-refractivity contribution in [1.82, 2.24) is 0 Å². The Labute approximate surface area is 145 Å². The first-order valence-electron chi connectivity index (χ1n) is 4.05. The summed E-state index contributed by atoms with van der Waals surface area (Å²) in [5.74, 6) is 0. The van der Waals surface area contributed by atoms with Crippen LogP contribution in [-0.4, -0.2) is 34.0 Å². The van der Waals surface area contributed by atoms with E-state index in [2.05, 4.69) is 52.8 Å². The van der Waals surface area contributed by atoms with E-state index in [1.54, 1.807) is 0 Å². The molecule has 1 rings (SSSR count). The number of halogens is 4. The third-order valence-electron chi connectivity index (χ3n) is 1.90. The van der Waals surface area contributed by atoms with Gasteiger partial charge in [-0.3, -0.25) is 0 Å². The van der Waals surface area contributed by atoms with E-state index < -0.39 is 36.9 Å². The Bertz CT molecular complexity index is 424. The molecule has 0 aromatic rings. The Morgan fingerprint density at radius 3 is 2.53 bits per heavy atom. The van der Waals surface area contributed by atoms with Gasteiger partial charge >= 0.3 is 147 Å². The number of aliphatic hydroxyl groups is 1. The van der Waals surface area contributed by atoms with Crippen molar-refractivity contribution >= 4 is 100 Å². The van der Waals surface area contributed by atoms with Gasteiger partial charge < -0.3 is 0 Å². The number of ether oxygens (including phenoxy) is 1. The van der Waals surface area contributed by atoms with Gasteiger partial charge in [-0.15, -0.1) is 0 Å². The van der Waals surface area contributed by atoms with Gasteiger partial charge in [0.1, 0.15) is 0 Å². The van der Waals surface area contributed by atoms with Crippen LogP contribution in [0.3, 0.4) is 0 Å². The molecule has 1 aliphatic heterocycles. The fraction of sp³-hybridized carbons (Fsp3) is 1.00. The molecule has 1 N–H and O–H groups in total. The molecule has 0 spiro atoms.